The van der Waals surface area contributed by atoms with Gasteiger partial charge in [0.1, 0.15) is 19.3 Å². The van der Waals surface area contributed by atoms with Crippen LogP contribution in [0.2, 0.25) is 0 Å². The highest BCUT2D eigenvalue weighted by molar-refractivity contribution is 7.45. The molecule has 0 radical (unpaired) electrons. The standard InChI is InChI=1S/C64H115N2O7P/c1-7-10-13-16-19-22-25-27-28-29-30-31-32-33-34-35-36-37-38-39-42-45-48-51-54-57-64(68)73-62(55-52-49-46-43-41-26-23-20-17-14-11-8-2)61(60-72-74(69,70)71-59-58-66(4,5)6)65-63(67)56-53-50-47-44-40-24-21-18-15-12-9-3/h10,13,19,22,27-28,30-31,33-34,36-37,52,55,61-62H,7-9,11-12,14-18,20-21,23-26,29,32,35,38-51,53-54,56-60H2,1-6H3,(H-,65,67,69,70)/b13-10-,22-19-,28-27-,31-30-,34-33-,37-36-,55-52-. The average Bonchev–Trinajstić information content (AvgIpc) is 3.36. The summed E-state index contributed by atoms with van der Waals surface area (Å²) in [6.45, 7) is 6.71. The highest BCUT2D eigenvalue weighted by atomic mass is 31.2. The number of carbonyl (C=O) groups excluding carboxylic acids is 2. The minimum Gasteiger partial charge on any atom is -0.756 e. The van der Waals surface area contributed by atoms with Crippen LogP contribution in [0.3, 0.4) is 0 Å². The van der Waals surface area contributed by atoms with E-state index in [4.69, 9.17) is 13.8 Å². The summed E-state index contributed by atoms with van der Waals surface area (Å²) in [6.07, 6.45) is 69.8. The fourth-order valence-electron chi connectivity index (χ4n) is 8.41. The molecule has 10 heteroatoms. The third-order valence-corrected chi connectivity index (χ3v) is 14.1. The number of likely N-dealkylation sites (N-methyl/N-ethyl adjacent to an activating group) is 1. The Labute approximate surface area is 456 Å². The molecule has 0 aliphatic carbocycles. The SMILES string of the molecule is CC/C=C\C/C=C\C/C=C\C/C=C\C/C=C\C/C=C\CCCCCCCCC(=O)OC(/C=C\CCCCCCCCCCCC)C(COP(=O)([O-])OCC[N+](C)(C)C)NC(=O)CCCCCCCCCCCCC. The minimum absolute atomic E-state index is 0.0270. The largest absolute Gasteiger partial charge is 0.756 e. The number of allylic oxidation sites excluding steroid dienone is 13. The van der Waals surface area contributed by atoms with Crippen molar-refractivity contribution in [1.82, 2.24) is 5.32 Å². The van der Waals surface area contributed by atoms with Gasteiger partial charge >= 0.3 is 5.97 Å². The quantitative estimate of drug-likeness (QED) is 0.0212. The van der Waals surface area contributed by atoms with Gasteiger partial charge < -0.3 is 28.5 Å². The van der Waals surface area contributed by atoms with Crippen LogP contribution in [-0.2, 0) is 27.9 Å². The molecule has 1 N–H and O–H groups in total. The topological polar surface area (TPSA) is 114 Å². The maximum absolute atomic E-state index is 13.5. The second kappa shape index (κ2) is 53.6. The Morgan fingerprint density at radius 3 is 1.30 bits per heavy atom. The summed E-state index contributed by atoms with van der Waals surface area (Å²) < 4.78 is 30.2. The van der Waals surface area contributed by atoms with Gasteiger partial charge in [-0.25, -0.2) is 0 Å². The number of rotatable bonds is 54. The lowest BCUT2D eigenvalue weighted by atomic mass is 10.0. The fourth-order valence-corrected chi connectivity index (χ4v) is 9.13. The minimum atomic E-state index is -4.70. The van der Waals surface area contributed by atoms with Gasteiger partial charge in [-0.05, 0) is 83.1 Å². The lowest BCUT2D eigenvalue weighted by Crippen LogP contribution is -2.47. The first-order valence-electron chi connectivity index (χ1n) is 30.4. The van der Waals surface area contributed by atoms with Gasteiger partial charge in [0.25, 0.3) is 7.82 Å². The lowest BCUT2D eigenvalue weighted by Gasteiger charge is -2.30. The first kappa shape index (κ1) is 71.2. The molecule has 0 rings (SSSR count). The third-order valence-electron chi connectivity index (χ3n) is 13.1. The molecule has 0 aromatic rings. The van der Waals surface area contributed by atoms with Gasteiger partial charge in [0.2, 0.25) is 5.91 Å². The maximum Gasteiger partial charge on any atom is 0.306 e. The van der Waals surface area contributed by atoms with E-state index in [1.807, 2.05) is 33.3 Å². The molecule has 0 spiro atoms. The van der Waals surface area contributed by atoms with Crippen LogP contribution >= 0.6 is 7.82 Å². The molecule has 3 unspecified atom stereocenters. The summed E-state index contributed by atoms with van der Waals surface area (Å²) in [5.41, 5.74) is 0. The highest BCUT2D eigenvalue weighted by Gasteiger charge is 2.27. The Kier molecular flexibility index (Phi) is 51.5. The first-order chi connectivity index (χ1) is 35.9. The molecule has 0 bridgehead atoms. The second-order valence-corrected chi connectivity index (χ2v) is 22.9. The normalized spacial score (nSPS) is 14.3. The fraction of sp³-hybridized carbons (Fsp3) is 0.750. The van der Waals surface area contributed by atoms with Crippen LogP contribution in [-0.4, -0.2) is 69.4 Å². The Bertz CT molecular complexity index is 1540. The number of phosphoric acid groups is 1. The van der Waals surface area contributed by atoms with Crippen molar-refractivity contribution >= 4 is 19.7 Å². The predicted octanol–water partition coefficient (Wildman–Crippen LogP) is 18.0. The van der Waals surface area contributed by atoms with Crippen molar-refractivity contribution in [2.24, 2.45) is 0 Å². The molecule has 0 aromatic carbocycles. The second-order valence-electron chi connectivity index (χ2n) is 21.5. The van der Waals surface area contributed by atoms with Gasteiger partial charge in [-0.3, -0.25) is 14.2 Å². The van der Waals surface area contributed by atoms with Crippen LogP contribution in [0.1, 0.15) is 258 Å². The van der Waals surface area contributed by atoms with Crippen LogP contribution in [0.25, 0.3) is 0 Å². The van der Waals surface area contributed by atoms with Crippen LogP contribution in [0.15, 0.2) is 85.1 Å². The van der Waals surface area contributed by atoms with Gasteiger partial charge in [-0.2, -0.15) is 0 Å². The molecule has 0 saturated heterocycles. The van der Waals surface area contributed by atoms with E-state index in [0.29, 0.717) is 23.9 Å². The summed E-state index contributed by atoms with van der Waals surface area (Å²) in [4.78, 5) is 39.9. The van der Waals surface area contributed by atoms with E-state index in [1.165, 1.54) is 103 Å². The van der Waals surface area contributed by atoms with Crippen molar-refractivity contribution in [1.29, 1.82) is 0 Å². The van der Waals surface area contributed by atoms with Crippen LogP contribution in [0.4, 0.5) is 0 Å². The van der Waals surface area contributed by atoms with E-state index < -0.39 is 26.6 Å². The van der Waals surface area contributed by atoms with Crippen LogP contribution in [0.5, 0.6) is 0 Å². The van der Waals surface area contributed by atoms with Gasteiger partial charge in [-0.1, -0.05) is 247 Å². The van der Waals surface area contributed by atoms with Crippen molar-refractivity contribution in [3.8, 4) is 0 Å². The number of quaternary nitrogens is 1. The van der Waals surface area contributed by atoms with E-state index >= 15 is 0 Å². The molecule has 0 fully saturated rings. The summed E-state index contributed by atoms with van der Waals surface area (Å²) in [7, 11) is 1.17. The molecule has 1 amide bonds. The molecule has 428 valence electrons. The number of unbranched alkanes of at least 4 members (excludes halogenated alkanes) is 26. The first-order valence-corrected chi connectivity index (χ1v) is 31.9. The molecule has 0 heterocycles. The van der Waals surface area contributed by atoms with Crippen molar-refractivity contribution in [2.75, 3.05) is 40.9 Å². The van der Waals surface area contributed by atoms with Gasteiger partial charge in [0, 0.05) is 12.8 Å². The third kappa shape index (κ3) is 54.0. The van der Waals surface area contributed by atoms with Crippen molar-refractivity contribution < 1.29 is 37.3 Å². The van der Waals surface area contributed by atoms with E-state index in [2.05, 4.69) is 99.0 Å². The molecular formula is C64H115N2O7P. The summed E-state index contributed by atoms with van der Waals surface area (Å²) >= 11 is 0. The van der Waals surface area contributed by atoms with Crippen molar-refractivity contribution in [2.45, 2.75) is 270 Å². The Hall–Kier alpha value is -2.81. The zero-order valence-corrected chi connectivity index (χ0v) is 49.7. The number of phosphoric ester groups is 1. The van der Waals surface area contributed by atoms with Gasteiger partial charge in [0.15, 0.2) is 0 Å². The average molecular weight is 1060 g/mol. The van der Waals surface area contributed by atoms with Crippen LogP contribution < -0.4 is 10.2 Å². The van der Waals surface area contributed by atoms with E-state index in [1.54, 1.807) is 0 Å². The molecule has 3 atom stereocenters. The Balaban J connectivity index is 5.18. The highest BCUT2D eigenvalue weighted by Crippen LogP contribution is 2.38. The summed E-state index contributed by atoms with van der Waals surface area (Å²) in [5, 5.41) is 3.01. The van der Waals surface area contributed by atoms with E-state index in [0.717, 1.165) is 116 Å². The van der Waals surface area contributed by atoms with E-state index in [-0.39, 0.29) is 24.9 Å². The molecule has 0 aromatic heterocycles. The predicted molar refractivity (Wildman–Crippen MR) is 316 cm³/mol. The lowest BCUT2D eigenvalue weighted by molar-refractivity contribution is -0.870. The molecule has 9 nitrogen and oxygen atoms in total. The van der Waals surface area contributed by atoms with Crippen molar-refractivity contribution in [3.05, 3.63) is 85.1 Å². The van der Waals surface area contributed by atoms with Crippen molar-refractivity contribution in [3.63, 3.8) is 0 Å². The number of nitrogens with one attached hydrogen (secondary N) is 1. The summed E-state index contributed by atoms with van der Waals surface area (Å²) in [5.74, 6) is -0.559. The number of hydrogen-bond acceptors (Lipinski definition) is 7. The molecule has 74 heavy (non-hydrogen) atoms. The monoisotopic (exact) mass is 1050 g/mol. The number of hydrogen-bond donors (Lipinski definition) is 1. The van der Waals surface area contributed by atoms with Gasteiger partial charge in [0.05, 0.1) is 33.8 Å². The zero-order valence-electron chi connectivity index (χ0n) is 48.8. The van der Waals surface area contributed by atoms with Gasteiger partial charge in [-0.15, -0.1) is 0 Å². The maximum atomic E-state index is 13.5. The molecule has 0 aliphatic heterocycles. The smallest absolute Gasteiger partial charge is 0.306 e. The number of carbonyl (C=O) groups is 2. The Morgan fingerprint density at radius 2 is 0.865 bits per heavy atom. The molecule has 0 aliphatic rings. The Morgan fingerprint density at radius 1 is 0.486 bits per heavy atom. The molecular weight excluding hydrogens is 940 g/mol. The van der Waals surface area contributed by atoms with E-state index in [9.17, 15) is 19.0 Å². The van der Waals surface area contributed by atoms with Crippen LogP contribution in [0, 0.1) is 0 Å². The molecule has 0 saturated carbocycles. The number of ether oxygens (including phenoxy) is 1. The number of esters is 1. The number of amides is 1. The zero-order chi connectivity index (χ0) is 54.3. The summed E-state index contributed by atoms with van der Waals surface area (Å²) in [6, 6.07) is -0.895. The number of nitrogens with zero attached hydrogens (tertiary/aromatic N) is 1.